The van der Waals surface area contributed by atoms with Crippen LogP contribution in [0.1, 0.15) is 23.3 Å². The molecule has 7 heteroatoms. The number of hydrogen-bond donors (Lipinski definition) is 1. The molecule has 1 heterocycles. The highest BCUT2D eigenvalue weighted by molar-refractivity contribution is 5.31. The predicted molar refractivity (Wildman–Crippen MR) is 58.1 cm³/mol. The van der Waals surface area contributed by atoms with E-state index in [1.54, 1.807) is 19.1 Å². The smallest absolute Gasteiger partial charge is 0.387 e. The van der Waals surface area contributed by atoms with Gasteiger partial charge in [0.15, 0.2) is 5.82 Å². The highest BCUT2D eigenvalue weighted by Crippen LogP contribution is 2.21. The van der Waals surface area contributed by atoms with Crippen LogP contribution in [0.2, 0.25) is 0 Å². The zero-order valence-corrected chi connectivity index (χ0v) is 9.51. The Bertz CT molecular complexity index is 513. The summed E-state index contributed by atoms with van der Waals surface area (Å²) in [6.45, 7) is -1.19. The van der Waals surface area contributed by atoms with Crippen LogP contribution in [-0.2, 0) is 0 Å². The molecule has 0 aliphatic heterocycles. The highest BCUT2D eigenvalue weighted by Gasteiger charge is 2.15. The molecule has 0 bridgehead atoms. The first-order valence-electron chi connectivity index (χ1n) is 5.17. The molecule has 0 amide bonds. The van der Waals surface area contributed by atoms with Gasteiger partial charge in [-0.15, -0.1) is 0 Å². The molecule has 18 heavy (non-hydrogen) atoms. The predicted octanol–water partition coefficient (Wildman–Crippen LogP) is 2.03. The average molecular weight is 255 g/mol. The number of benzene rings is 1. The Balaban J connectivity index is 2.14. The number of halogens is 2. The summed E-state index contributed by atoms with van der Waals surface area (Å²) in [6, 6.07) is 5.41. The van der Waals surface area contributed by atoms with Crippen molar-refractivity contribution < 1.29 is 18.0 Å². The Morgan fingerprint density at radius 2 is 1.94 bits per heavy atom. The molecule has 1 atom stereocenters. The van der Waals surface area contributed by atoms with E-state index in [0.29, 0.717) is 17.3 Å². The van der Waals surface area contributed by atoms with Crippen molar-refractivity contribution in [2.45, 2.75) is 19.6 Å². The van der Waals surface area contributed by atoms with Crippen LogP contribution < -0.4 is 10.5 Å². The first-order valence-corrected chi connectivity index (χ1v) is 5.17. The van der Waals surface area contributed by atoms with Gasteiger partial charge < -0.3 is 15.0 Å². The lowest BCUT2D eigenvalue weighted by molar-refractivity contribution is -0.0498. The Morgan fingerprint density at radius 1 is 1.28 bits per heavy atom. The molecule has 0 radical (unpaired) electrons. The van der Waals surface area contributed by atoms with Gasteiger partial charge in [-0.1, -0.05) is 17.3 Å². The van der Waals surface area contributed by atoms with E-state index >= 15 is 0 Å². The second-order valence-electron chi connectivity index (χ2n) is 3.60. The zero-order valence-electron chi connectivity index (χ0n) is 9.51. The van der Waals surface area contributed by atoms with Gasteiger partial charge in [0.25, 0.3) is 0 Å². The summed E-state index contributed by atoms with van der Waals surface area (Å²) in [4.78, 5) is 4.00. The Labute approximate surface area is 102 Å². The number of ether oxygens (including phenoxy) is 1. The maximum Gasteiger partial charge on any atom is 0.387 e. The summed E-state index contributed by atoms with van der Waals surface area (Å²) in [5, 5.41) is 3.70. The van der Waals surface area contributed by atoms with E-state index in [4.69, 9.17) is 10.3 Å². The summed E-state index contributed by atoms with van der Waals surface area (Å²) >= 11 is 0. The van der Waals surface area contributed by atoms with Crippen LogP contribution in [0.25, 0.3) is 0 Å². The van der Waals surface area contributed by atoms with Gasteiger partial charge in [-0.2, -0.15) is 13.8 Å². The lowest BCUT2D eigenvalue weighted by Crippen LogP contribution is -2.13. The van der Waals surface area contributed by atoms with E-state index in [9.17, 15) is 8.78 Å². The van der Waals surface area contributed by atoms with Crippen molar-refractivity contribution in [3.05, 3.63) is 41.5 Å². The van der Waals surface area contributed by atoms with Gasteiger partial charge in [0.2, 0.25) is 5.89 Å². The molecule has 96 valence electrons. The van der Waals surface area contributed by atoms with E-state index in [1.165, 1.54) is 12.1 Å². The molecule has 1 aromatic carbocycles. The number of nitrogens with two attached hydrogens (primary N) is 1. The lowest BCUT2D eigenvalue weighted by Gasteiger charge is -2.09. The third-order valence-corrected chi connectivity index (χ3v) is 2.29. The van der Waals surface area contributed by atoms with E-state index in [0.717, 1.165) is 0 Å². The van der Waals surface area contributed by atoms with Crippen molar-refractivity contribution in [3.63, 3.8) is 0 Å². The number of rotatable bonds is 4. The fourth-order valence-electron chi connectivity index (χ4n) is 1.45. The molecular formula is C11H11F2N3O2. The Kier molecular flexibility index (Phi) is 3.52. The second kappa shape index (κ2) is 5.09. The Morgan fingerprint density at radius 3 is 2.44 bits per heavy atom. The Hall–Kier alpha value is -2.02. The minimum Gasteiger partial charge on any atom is -0.435 e. The standard InChI is InChI=1S/C11H11F2N3O2/c1-6-15-10(16-18-6)9(14)7-2-4-8(5-3-7)17-11(12)13/h2-5,9,11H,14H2,1H3. The van der Waals surface area contributed by atoms with Crippen molar-refractivity contribution in [1.29, 1.82) is 0 Å². The number of alkyl halides is 2. The van der Waals surface area contributed by atoms with Crippen LogP contribution in [0.4, 0.5) is 8.78 Å². The van der Waals surface area contributed by atoms with Gasteiger partial charge in [-0.25, -0.2) is 0 Å². The third kappa shape index (κ3) is 2.80. The lowest BCUT2D eigenvalue weighted by atomic mass is 10.1. The van der Waals surface area contributed by atoms with Crippen LogP contribution in [0.3, 0.4) is 0 Å². The molecule has 0 saturated heterocycles. The fourth-order valence-corrected chi connectivity index (χ4v) is 1.45. The van der Waals surface area contributed by atoms with Crippen LogP contribution >= 0.6 is 0 Å². The van der Waals surface area contributed by atoms with Crippen molar-refractivity contribution >= 4 is 0 Å². The van der Waals surface area contributed by atoms with E-state index in [2.05, 4.69) is 14.9 Å². The largest absolute Gasteiger partial charge is 0.435 e. The first kappa shape index (κ1) is 12.4. The zero-order chi connectivity index (χ0) is 13.1. The van der Waals surface area contributed by atoms with Crippen molar-refractivity contribution in [2.75, 3.05) is 0 Å². The maximum absolute atomic E-state index is 12.0. The van der Waals surface area contributed by atoms with E-state index in [1.807, 2.05) is 0 Å². The summed E-state index contributed by atoms with van der Waals surface area (Å²) < 4.78 is 33.0. The number of aromatic nitrogens is 2. The fraction of sp³-hybridized carbons (Fsp3) is 0.273. The van der Waals surface area contributed by atoms with Crippen LogP contribution in [0, 0.1) is 6.92 Å². The molecule has 0 saturated carbocycles. The first-order chi connectivity index (χ1) is 8.56. The quantitative estimate of drug-likeness (QED) is 0.904. The van der Waals surface area contributed by atoms with Gasteiger partial charge in [-0.05, 0) is 17.7 Å². The van der Waals surface area contributed by atoms with Crippen molar-refractivity contribution in [2.24, 2.45) is 5.73 Å². The molecule has 1 unspecified atom stereocenters. The molecule has 0 aliphatic carbocycles. The average Bonchev–Trinajstić information content (AvgIpc) is 2.75. The SMILES string of the molecule is Cc1nc(C(N)c2ccc(OC(F)F)cc2)no1. The molecule has 0 fully saturated rings. The summed E-state index contributed by atoms with van der Waals surface area (Å²) in [7, 11) is 0. The molecule has 2 rings (SSSR count). The number of nitrogens with zero attached hydrogens (tertiary/aromatic N) is 2. The topological polar surface area (TPSA) is 74.2 Å². The number of aryl methyl sites for hydroxylation is 1. The monoisotopic (exact) mass is 255 g/mol. The maximum atomic E-state index is 12.0. The van der Waals surface area contributed by atoms with Crippen LogP contribution in [0.5, 0.6) is 5.75 Å². The second-order valence-corrected chi connectivity index (χ2v) is 3.60. The summed E-state index contributed by atoms with van der Waals surface area (Å²) in [5.74, 6) is 0.832. The molecule has 2 aromatic rings. The normalized spacial score (nSPS) is 12.7. The summed E-state index contributed by atoms with van der Waals surface area (Å²) in [5.41, 5.74) is 6.59. The van der Waals surface area contributed by atoms with Gasteiger partial charge in [-0.3, -0.25) is 0 Å². The molecule has 1 aromatic heterocycles. The molecule has 5 nitrogen and oxygen atoms in total. The summed E-state index contributed by atoms with van der Waals surface area (Å²) in [6.07, 6.45) is 0. The highest BCUT2D eigenvalue weighted by atomic mass is 19.3. The van der Waals surface area contributed by atoms with E-state index in [-0.39, 0.29) is 5.75 Å². The molecule has 0 spiro atoms. The molecule has 2 N–H and O–H groups in total. The van der Waals surface area contributed by atoms with Crippen LogP contribution in [-0.4, -0.2) is 16.8 Å². The molecule has 0 aliphatic rings. The minimum absolute atomic E-state index is 0.0743. The van der Waals surface area contributed by atoms with Gasteiger partial charge >= 0.3 is 6.61 Å². The van der Waals surface area contributed by atoms with Gasteiger partial charge in [0.1, 0.15) is 5.75 Å². The van der Waals surface area contributed by atoms with Crippen LogP contribution in [0.15, 0.2) is 28.8 Å². The van der Waals surface area contributed by atoms with Crippen molar-refractivity contribution in [3.8, 4) is 5.75 Å². The minimum atomic E-state index is -2.84. The van der Waals surface area contributed by atoms with Gasteiger partial charge in [0.05, 0.1) is 6.04 Å². The third-order valence-electron chi connectivity index (χ3n) is 2.29. The molecular weight excluding hydrogens is 244 g/mol. The van der Waals surface area contributed by atoms with Gasteiger partial charge in [0, 0.05) is 6.92 Å². The van der Waals surface area contributed by atoms with E-state index < -0.39 is 12.7 Å². The number of hydrogen-bond acceptors (Lipinski definition) is 5. The van der Waals surface area contributed by atoms with Crippen molar-refractivity contribution in [1.82, 2.24) is 10.1 Å².